The van der Waals surface area contributed by atoms with E-state index >= 15 is 0 Å². The van der Waals surface area contributed by atoms with Crippen LogP contribution in [0.15, 0.2) is 0 Å². The Kier molecular flexibility index (Phi) is 4.12. The van der Waals surface area contributed by atoms with Crippen LogP contribution in [0.4, 0.5) is 0 Å². The Labute approximate surface area is 90.8 Å². The molecule has 2 N–H and O–H groups in total. The molecule has 1 saturated heterocycles. The van der Waals surface area contributed by atoms with E-state index in [-0.39, 0.29) is 17.7 Å². The van der Waals surface area contributed by atoms with Crippen LogP contribution in [-0.4, -0.2) is 29.8 Å². The molecule has 1 fully saturated rings. The second-order valence-electron chi connectivity index (χ2n) is 4.46. The van der Waals surface area contributed by atoms with Gasteiger partial charge in [0.1, 0.15) is 0 Å². The summed E-state index contributed by atoms with van der Waals surface area (Å²) in [6.07, 6.45) is 2.84. The minimum Gasteiger partial charge on any atom is -0.369 e. The van der Waals surface area contributed by atoms with Crippen LogP contribution < -0.4 is 5.73 Å². The smallest absolute Gasteiger partial charge is 0.222 e. The summed E-state index contributed by atoms with van der Waals surface area (Å²) in [5, 5.41) is 0. The van der Waals surface area contributed by atoms with Gasteiger partial charge in [-0.2, -0.15) is 0 Å². The topological polar surface area (TPSA) is 63.4 Å². The Balaban J connectivity index is 2.43. The number of likely N-dealkylation sites (tertiary alicyclic amines) is 1. The van der Waals surface area contributed by atoms with Crippen molar-refractivity contribution in [1.82, 2.24) is 4.90 Å². The van der Waals surface area contributed by atoms with Gasteiger partial charge in [-0.25, -0.2) is 0 Å². The van der Waals surface area contributed by atoms with Crippen molar-refractivity contribution in [2.75, 3.05) is 13.1 Å². The van der Waals surface area contributed by atoms with Gasteiger partial charge in [0, 0.05) is 19.5 Å². The van der Waals surface area contributed by atoms with Gasteiger partial charge in [0.15, 0.2) is 0 Å². The quantitative estimate of drug-likeness (QED) is 0.731. The number of nitrogens with two attached hydrogens (primary N) is 1. The summed E-state index contributed by atoms with van der Waals surface area (Å²) >= 11 is 0. The summed E-state index contributed by atoms with van der Waals surface area (Å²) < 4.78 is 0. The number of rotatable bonds is 5. The molecule has 2 amide bonds. The van der Waals surface area contributed by atoms with Gasteiger partial charge < -0.3 is 10.6 Å². The Morgan fingerprint density at radius 1 is 1.67 bits per heavy atom. The molecule has 0 aromatic rings. The SMILES string of the molecule is CCC[C@@H]1CC(=O)N(CC(C)C(N)=O)C1. The van der Waals surface area contributed by atoms with Crippen molar-refractivity contribution in [3.05, 3.63) is 0 Å². The molecule has 86 valence electrons. The average molecular weight is 212 g/mol. The first kappa shape index (κ1) is 12.0. The van der Waals surface area contributed by atoms with Gasteiger partial charge >= 0.3 is 0 Å². The van der Waals surface area contributed by atoms with Gasteiger partial charge in [-0.15, -0.1) is 0 Å². The molecule has 4 heteroatoms. The summed E-state index contributed by atoms with van der Waals surface area (Å²) in [6.45, 7) is 5.17. The third kappa shape index (κ3) is 3.22. The highest BCUT2D eigenvalue weighted by molar-refractivity contribution is 5.80. The van der Waals surface area contributed by atoms with Crippen LogP contribution in [0.25, 0.3) is 0 Å². The van der Waals surface area contributed by atoms with E-state index in [2.05, 4.69) is 6.92 Å². The molecule has 0 aromatic carbocycles. The van der Waals surface area contributed by atoms with Crippen molar-refractivity contribution in [1.29, 1.82) is 0 Å². The molecule has 2 atom stereocenters. The first-order valence-corrected chi connectivity index (χ1v) is 5.61. The molecule has 0 aliphatic carbocycles. The van der Waals surface area contributed by atoms with Crippen molar-refractivity contribution < 1.29 is 9.59 Å². The third-order valence-corrected chi connectivity index (χ3v) is 2.97. The zero-order valence-electron chi connectivity index (χ0n) is 9.53. The normalized spacial score (nSPS) is 23.2. The van der Waals surface area contributed by atoms with E-state index in [0.29, 0.717) is 18.9 Å². The first-order valence-electron chi connectivity index (χ1n) is 5.61. The number of amides is 2. The summed E-state index contributed by atoms with van der Waals surface area (Å²) in [5.74, 6) is 0.0696. The monoisotopic (exact) mass is 212 g/mol. The Morgan fingerprint density at radius 2 is 2.33 bits per heavy atom. The molecule has 1 heterocycles. The van der Waals surface area contributed by atoms with Crippen molar-refractivity contribution in [3.63, 3.8) is 0 Å². The molecule has 15 heavy (non-hydrogen) atoms. The van der Waals surface area contributed by atoms with Crippen LogP contribution in [0.5, 0.6) is 0 Å². The lowest BCUT2D eigenvalue weighted by atomic mass is 10.0. The average Bonchev–Trinajstić information content (AvgIpc) is 2.47. The fraction of sp³-hybridized carbons (Fsp3) is 0.818. The highest BCUT2D eigenvalue weighted by Crippen LogP contribution is 2.22. The van der Waals surface area contributed by atoms with Crippen molar-refractivity contribution >= 4 is 11.8 Å². The standard InChI is InChI=1S/C11H20N2O2/c1-3-4-9-5-10(14)13(7-9)6-8(2)11(12)15/h8-9H,3-7H2,1-2H3,(H2,12,15)/t8?,9-/m1/s1. The zero-order valence-corrected chi connectivity index (χ0v) is 9.53. The van der Waals surface area contributed by atoms with Crippen LogP contribution in [0.1, 0.15) is 33.1 Å². The van der Waals surface area contributed by atoms with Crippen molar-refractivity contribution in [2.45, 2.75) is 33.1 Å². The second-order valence-corrected chi connectivity index (χ2v) is 4.46. The summed E-state index contributed by atoms with van der Waals surface area (Å²) in [6, 6.07) is 0. The Bertz CT molecular complexity index is 253. The van der Waals surface area contributed by atoms with E-state index in [4.69, 9.17) is 5.73 Å². The van der Waals surface area contributed by atoms with Gasteiger partial charge in [-0.05, 0) is 12.3 Å². The lowest BCUT2D eigenvalue weighted by Gasteiger charge is -2.19. The van der Waals surface area contributed by atoms with Gasteiger partial charge in [-0.3, -0.25) is 9.59 Å². The highest BCUT2D eigenvalue weighted by atomic mass is 16.2. The van der Waals surface area contributed by atoms with Gasteiger partial charge in [0.25, 0.3) is 0 Å². The minimum atomic E-state index is -0.332. The van der Waals surface area contributed by atoms with Crippen LogP contribution in [0.3, 0.4) is 0 Å². The molecule has 0 radical (unpaired) electrons. The van der Waals surface area contributed by atoms with Gasteiger partial charge in [-0.1, -0.05) is 20.3 Å². The lowest BCUT2D eigenvalue weighted by Crippen LogP contribution is -2.35. The molecule has 1 unspecified atom stereocenters. The number of hydrogen-bond donors (Lipinski definition) is 1. The molecule has 0 bridgehead atoms. The van der Waals surface area contributed by atoms with E-state index in [1.165, 1.54) is 0 Å². The minimum absolute atomic E-state index is 0.168. The van der Waals surface area contributed by atoms with Crippen LogP contribution in [-0.2, 0) is 9.59 Å². The molecule has 0 aromatic heterocycles. The van der Waals surface area contributed by atoms with Crippen LogP contribution in [0, 0.1) is 11.8 Å². The maximum Gasteiger partial charge on any atom is 0.222 e. The number of primary amides is 1. The van der Waals surface area contributed by atoms with Gasteiger partial charge in [0.05, 0.1) is 5.92 Å². The maximum absolute atomic E-state index is 11.6. The molecular weight excluding hydrogens is 192 g/mol. The predicted octanol–water partition coefficient (Wildman–Crippen LogP) is 0.756. The second kappa shape index (κ2) is 5.14. The molecule has 0 spiro atoms. The van der Waals surface area contributed by atoms with Crippen molar-refractivity contribution in [2.24, 2.45) is 17.6 Å². The number of hydrogen-bond acceptors (Lipinski definition) is 2. The molecule has 0 saturated carbocycles. The van der Waals surface area contributed by atoms with E-state index in [0.717, 1.165) is 19.4 Å². The van der Waals surface area contributed by atoms with E-state index in [1.54, 1.807) is 11.8 Å². The fourth-order valence-corrected chi connectivity index (χ4v) is 2.05. The first-order chi connectivity index (χ1) is 7.04. The largest absolute Gasteiger partial charge is 0.369 e. The Morgan fingerprint density at radius 3 is 2.87 bits per heavy atom. The maximum atomic E-state index is 11.6. The van der Waals surface area contributed by atoms with Crippen molar-refractivity contribution in [3.8, 4) is 0 Å². The zero-order chi connectivity index (χ0) is 11.4. The molecule has 1 aliphatic rings. The molecule has 4 nitrogen and oxygen atoms in total. The van der Waals surface area contributed by atoms with E-state index < -0.39 is 0 Å². The van der Waals surface area contributed by atoms with E-state index in [9.17, 15) is 9.59 Å². The number of nitrogens with zero attached hydrogens (tertiary/aromatic N) is 1. The van der Waals surface area contributed by atoms with Crippen LogP contribution in [0.2, 0.25) is 0 Å². The number of carbonyl (C=O) groups excluding carboxylic acids is 2. The summed E-state index contributed by atoms with van der Waals surface area (Å²) in [5.41, 5.74) is 5.18. The third-order valence-electron chi connectivity index (χ3n) is 2.97. The summed E-state index contributed by atoms with van der Waals surface area (Å²) in [7, 11) is 0. The number of carbonyl (C=O) groups is 2. The molecule has 1 aliphatic heterocycles. The van der Waals surface area contributed by atoms with Gasteiger partial charge in [0.2, 0.25) is 11.8 Å². The molecular formula is C11H20N2O2. The predicted molar refractivity (Wildman–Crippen MR) is 58.0 cm³/mol. The van der Waals surface area contributed by atoms with Crippen LogP contribution >= 0.6 is 0 Å². The highest BCUT2D eigenvalue weighted by Gasteiger charge is 2.30. The Hall–Kier alpha value is -1.06. The summed E-state index contributed by atoms with van der Waals surface area (Å²) in [4.78, 5) is 24.3. The fourth-order valence-electron chi connectivity index (χ4n) is 2.05. The molecule has 1 rings (SSSR count). The lowest BCUT2D eigenvalue weighted by molar-refractivity contribution is -0.129. The van der Waals surface area contributed by atoms with E-state index in [1.807, 2.05) is 0 Å².